The van der Waals surface area contributed by atoms with Crippen LogP contribution in [-0.2, 0) is 9.59 Å². The van der Waals surface area contributed by atoms with Crippen LogP contribution in [0.2, 0.25) is 0 Å². The Hall–Kier alpha value is -3.92. The first-order valence-corrected chi connectivity index (χ1v) is 12.2. The summed E-state index contributed by atoms with van der Waals surface area (Å²) in [4.78, 5) is 37.9. The molecule has 0 unspecified atom stereocenters. The molecule has 216 valence electrons. The van der Waals surface area contributed by atoms with Gasteiger partial charge in [0.2, 0.25) is 5.91 Å². The lowest BCUT2D eigenvalue weighted by Crippen LogP contribution is -2.51. The maximum absolute atomic E-state index is 12.8. The summed E-state index contributed by atoms with van der Waals surface area (Å²) in [5.41, 5.74) is 3.43. The van der Waals surface area contributed by atoms with Crippen LogP contribution in [0.25, 0.3) is 0 Å². The maximum atomic E-state index is 12.8. The van der Waals surface area contributed by atoms with E-state index in [4.69, 9.17) is 5.21 Å². The summed E-state index contributed by atoms with van der Waals surface area (Å²) in [5, 5.41) is 23.4. The third-order valence-corrected chi connectivity index (χ3v) is 6.25. The Morgan fingerprint density at radius 1 is 1.00 bits per heavy atom. The number of nitrogens with one attached hydrogen (secondary N) is 3. The summed E-state index contributed by atoms with van der Waals surface area (Å²) in [5.74, 6) is 2.74. The normalized spacial score (nSPS) is 15.4. The lowest BCUT2D eigenvalue weighted by molar-refractivity contribution is -0.184. The van der Waals surface area contributed by atoms with Crippen molar-refractivity contribution in [3.8, 4) is 11.8 Å². The average Bonchev–Trinajstić information content (AvgIpc) is 2.90. The molecular formula is C28H33F3N4O5. The van der Waals surface area contributed by atoms with Gasteiger partial charge in [0.1, 0.15) is 6.04 Å². The second-order valence-corrected chi connectivity index (χ2v) is 9.21. The van der Waals surface area contributed by atoms with Gasteiger partial charge in [-0.2, -0.15) is 13.2 Å². The molecule has 3 rings (SSSR count). The number of aliphatic hydroxyl groups is 1. The monoisotopic (exact) mass is 562 g/mol. The van der Waals surface area contributed by atoms with Crippen molar-refractivity contribution in [2.45, 2.75) is 45.5 Å². The molecule has 0 radical (unpaired) electrons. The zero-order valence-electron chi connectivity index (χ0n) is 21.1. The number of benzene rings is 2. The Balaban J connectivity index is 0.00000560. The van der Waals surface area contributed by atoms with Crippen molar-refractivity contribution in [3.05, 3.63) is 65.2 Å². The van der Waals surface area contributed by atoms with E-state index >= 15 is 0 Å². The van der Waals surface area contributed by atoms with Crippen molar-refractivity contribution >= 4 is 23.4 Å². The molecule has 0 spiro atoms. The predicted molar refractivity (Wildman–Crippen MR) is 142 cm³/mol. The minimum Gasteiger partial charge on any atom is -0.391 e. The Kier molecular flexibility index (Phi) is 11.7. The standard InChI is InChI=1S/C27H29F3N4O5.CH4/c1-17(35)24(26(38)33-39)32-25(37)20-8-4-18(5-9-20)2-3-19-6-10-22(11-7-19)31-23(36)16-34-14-12-21(13-15-34)27(28,29)30;/h4-11,17,21,24,35,39H,12-16H2,1H3,(H,31,36)(H,32,37)(H,33,38);1H4/t17-,24+;/m1./s1. The number of likely N-dealkylation sites (tertiary alicyclic amines) is 1. The number of nitrogens with zero attached hydrogens (tertiary/aromatic N) is 1. The molecule has 0 bridgehead atoms. The van der Waals surface area contributed by atoms with Crippen LogP contribution in [0, 0.1) is 17.8 Å². The predicted octanol–water partition coefficient (Wildman–Crippen LogP) is 2.92. The van der Waals surface area contributed by atoms with Gasteiger partial charge in [-0.1, -0.05) is 19.3 Å². The zero-order chi connectivity index (χ0) is 28.6. The quantitative estimate of drug-likeness (QED) is 0.200. The SMILES string of the molecule is C.C[C@@H](O)[C@H](NC(=O)c1ccc(C#Cc2ccc(NC(=O)CN3CCC(C(F)(F)F)CC3)cc2)cc1)C(=O)NO. The van der Waals surface area contributed by atoms with Gasteiger partial charge in [0.25, 0.3) is 11.8 Å². The highest BCUT2D eigenvalue weighted by Gasteiger charge is 2.41. The fraction of sp³-hybridized carbons (Fsp3) is 0.393. The van der Waals surface area contributed by atoms with E-state index in [0.29, 0.717) is 16.8 Å². The van der Waals surface area contributed by atoms with E-state index in [-0.39, 0.29) is 51.4 Å². The lowest BCUT2D eigenvalue weighted by atomic mass is 9.96. The Morgan fingerprint density at radius 2 is 1.52 bits per heavy atom. The van der Waals surface area contributed by atoms with Gasteiger partial charge in [-0.3, -0.25) is 24.5 Å². The fourth-order valence-corrected chi connectivity index (χ4v) is 4.01. The van der Waals surface area contributed by atoms with Crippen LogP contribution < -0.4 is 16.1 Å². The highest BCUT2D eigenvalue weighted by molar-refractivity contribution is 5.97. The van der Waals surface area contributed by atoms with E-state index in [1.165, 1.54) is 24.5 Å². The maximum Gasteiger partial charge on any atom is 0.391 e. The number of hydroxylamine groups is 1. The molecule has 1 heterocycles. The highest BCUT2D eigenvalue weighted by atomic mass is 19.4. The topological polar surface area (TPSA) is 131 Å². The van der Waals surface area contributed by atoms with Crippen molar-refractivity contribution in [1.29, 1.82) is 0 Å². The van der Waals surface area contributed by atoms with Crippen LogP contribution in [0.15, 0.2) is 48.5 Å². The summed E-state index contributed by atoms with van der Waals surface area (Å²) in [6.07, 6.45) is -5.43. The van der Waals surface area contributed by atoms with E-state index in [0.717, 1.165) is 0 Å². The fourth-order valence-electron chi connectivity index (χ4n) is 4.01. The van der Waals surface area contributed by atoms with Gasteiger partial charge in [0, 0.05) is 22.4 Å². The van der Waals surface area contributed by atoms with E-state index in [1.54, 1.807) is 41.3 Å². The van der Waals surface area contributed by atoms with E-state index in [9.17, 15) is 32.7 Å². The molecule has 1 aliphatic rings. The molecule has 1 saturated heterocycles. The number of carbonyl (C=O) groups is 3. The van der Waals surface area contributed by atoms with E-state index in [2.05, 4.69) is 22.5 Å². The molecule has 9 nitrogen and oxygen atoms in total. The van der Waals surface area contributed by atoms with Crippen molar-refractivity contribution in [2.75, 3.05) is 25.0 Å². The molecule has 3 amide bonds. The summed E-state index contributed by atoms with van der Waals surface area (Å²) < 4.78 is 38.4. The Bertz CT molecular complexity index is 1210. The summed E-state index contributed by atoms with van der Waals surface area (Å²) in [6.45, 7) is 1.77. The molecule has 2 aromatic rings. The molecule has 2 aromatic carbocycles. The van der Waals surface area contributed by atoms with Crippen molar-refractivity contribution in [1.82, 2.24) is 15.7 Å². The Morgan fingerprint density at radius 3 is 2.00 bits per heavy atom. The molecule has 1 fully saturated rings. The van der Waals surface area contributed by atoms with Crippen LogP contribution >= 0.6 is 0 Å². The number of amides is 3. The first-order chi connectivity index (χ1) is 18.5. The number of carbonyl (C=O) groups excluding carboxylic acids is 3. The van der Waals surface area contributed by atoms with Crippen LogP contribution in [0.3, 0.4) is 0 Å². The van der Waals surface area contributed by atoms with Crippen LogP contribution in [0.1, 0.15) is 48.7 Å². The van der Waals surface area contributed by atoms with Gasteiger partial charge in [0.15, 0.2) is 0 Å². The number of rotatable bonds is 7. The second-order valence-electron chi connectivity index (χ2n) is 9.21. The average molecular weight is 563 g/mol. The second kappa shape index (κ2) is 14.5. The van der Waals surface area contributed by atoms with Gasteiger partial charge in [-0.15, -0.1) is 0 Å². The number of piperidine rings is 1. The van der Waals surface area contributed by atoms with Crippen molar-refractivity contribution in [2.24, 2.45) is 5.92 Å². The van der Waals surface area contributed by atoms with Gasteiger partial charge in [-0.25, -0.2) is 5.48 Å². The van der Waals surface area contributed by atoms with Crippen LogP contribution in [0.4, 0.5) is 18.9 Å². The molecule has 40 heavy (non-hydrogen) atoms. The zero-order valence-corrected chi connectivity index (χ0v) is 21.1. The molecule has 0 aliphatic carbocycles. The number of anilines is 1. The smallest absolute Gasteiger partial charge is 0.391 e. The number of halogens is 3. The van der Waals surface area contributed by atoms with Gasteiger partial charge in [-0.05, 0) is 81.4 Å². The van der Waals surface area contributed by atoms with Crippen LogP contribution in [0.5, 0.6) is 0 Å². The number of aliphatic hydroxyl groups excluding tert-OH is 1. The summed E-state index contributed by atoms with van der Waals surface area (Å²) in [7, 11) is 0. The summed E-state index contributed by atoms with van der Waals surface area (Å²) >= 11 is 0. The first-order valence-electron chi connectivity index (χ1n) is 12.2. The molecule has 5 N–H and O–H groups in total. The minimum absolute atomic E-state index is 0. The first kappa shape index (κ1) is 32.3. The minimum atomic E-state index is -4.19. The third-order valence-electron chi connectivity index (χ3n) is 6.25. The molecular weight excluding hydrogens is 529 g/mol. The molecule has 2 atom stereocenters. The van der Waals surface area contributed by atoms with E-state index in [1.807, 2.05) is 0 Å². The molecule has 0 saturated carbocycles. The molecule has 12 heteroatoms. The molecule has 0 aromatic heterocycles. The van der Waals surface area contributed by atoms with Gasteiger partial charge >= 0.3 is 6.18 Å². The number of hydrogen-bond donors (Lipinski definition) is 5. The van der Waals surface area contributed by atoms with Crippen LogP contribution in [-0.4, -0.2) is 70.9 Å². The number of alkyl halides is 3. The van der Waals surface area contributed by atoms with Gasteiger partial charge in [0.05, 0.1) is 18.6 Å². The Labute approximate surface area is 230 Å². The lowest BCUT2D eigenvalue weighted by Gasteiger charge is -2.32. The van der Waals surface area contributed by atoms with Crippen molar-refractivity contribution < 1.29 is 37.9 Å². The number of hydrogen-bond acceptors (Lipinski definition) is 6. The summed E-state index contributed by atoms with van der Waals surface area (Å²) in [6, 6.07) is 11.7. The van der Waals surface area contributed by atoms with E-state index < -0.39 is 36.1 Å². The van der Waals surface area contributed by atoms with Gasteiger partial charge < -0.3 is 15.7 Å². The highest BCUT2D eigenvalue weighted by Crippen LogP contribution is 2.34. The largest absolute Gasteiger partial charge is 0.391 e. The molecule has 1 aliphatic heterocycles. The van der Waals surface area contributed by atoms with Crippen molar-refractivity contribution in [3.63, 3.8) is 0 Å². The third kappa shape index (κ3) is 9.37.